The van der Waals surface area contributed by atoms with Gasteiger partial charge in [-0.3, -0.25) is 4.79 Å². The number of hydrogen-bond acceptors (Lipinski definition) is 3. The number of rotatable bonds is 3. The van der Waals surface area contributed by atoms with Crippen LogP contribution in [-0.4, -0.2) is 20.1 Å². The standard InChI is InChI=1S/C13H13ClN2O2/c1-16(12(17)13(8-15)5-6-13)10-7-9(14)3-4-11(10)18-2/h3-4,7H,5-6H2,1-2H3. The van der Waals surface area contributed by atoms with Crippen LogP contribution in [0.5, 0.6) is 5.75 Å². The van der Waals surface area contributed by atoms with Gasteiger partial charge in [0.15, 0.2) is 0 Å². The molecule has 0 aromatic heterocycles. The van der Waals surface area contributed by atoms with Crippen LogP contribution in [0.4, 0.5) is 5.69 Å². The average Bonchev–Trinajstić information content (AvgIpc) is 3.18. The van der Waals surface area contributed by atoms with Crippen molar-refractivity contribution in [3.05, 3.63) is 23.2 Å². The number of nitrogens with zero attached hydrogens (tertiary/aromatic N) is 2. The second-order valence-electron chi connectivity index (χ2n) is 4.37. The molecule has 0 radical (unpaired) electrons. The molecule has 18 heavy (non-hydrogen) atoms. The molecule has 1 fully saturated rings. The molecule has 0 saturated heterocycles. The van der Waals surface area contributed by atoms with Gasteiger partial charge in [0.1, 0.15) is 11.2 Å². The number of nitriles is 1. The number of amides is 1. The van der Waals surface area contributed by atoms with E-state index in [1.807, 2.05) is 0 Å². The van der Waals surface area contributed by atoms with E-state index in [1.165, 1.54) is 12.0 Å². The predicted molar refractivity (Wildman–Crippen MR) is 68.7 cm³/mol. The van der Waals surface area contributed by atoms with Crippen molar-refractivity contribution >= 4 is 23.2 Å². The molecule has 1 aliphatic carbocycles. The van der Waals surface area contributed by atoms with E-state index in [1.54, 1.807) is 25.2 Å². The maximum atomic E-state index is 12.2. The molecule has 1 aliphatic rings. The number of carbonyl (C=O) groups is 1. The molecule has 0 N–H and O–H groups in total. The van der Waals surface area contributed by atoms with Crippen LogP contribution in [0, 0.1) is 16.7 Å². The van der Waals surface area contributed by atoms with E-state index in [0.29, 0.717) is 29.3 Å². The van der Waals surface area contributed by atoms with E-state index in [2.05, 4.69) is 6.07 Å². The van der Waals surface area contributed by atoms with Gasteiger partial charge < -0.3 is 9.64 Å². The smallest absolute Gasteiger partial charge is 0.247 e. The third-order valence-corrected chi connectivity index (χ3v) is 3.42. The van der Waals surface area contributed by atoms with Gasteiger partial charge in [0.2, 0.25) is 5.91 Å². The Kier molecular flexibility index (Phi) is 3.18. The fourth-order valence-corrected chi connectivity index (χ4v) is 2.02. The lowest BCUT2D eigenvalue weighted by Crippen LogP contribution is -2.33. The molecule has 0 atom stereocenters. The minimum Gasteiger partial charge on any atom is -0.495 e. The van der Waals surface area contributed by atoms with Gasteiger partial charge in [-0.1, -0.05) is 11.6 Å². The zero-order valence-corrected chi connectivity index (χ0v) is 11.0. The van der Waals surface area contributed by atoms with E-state index >= 15 is 0 Å². The van der Waals surface area contributed by atoms with Crippen LogP contribution < -0.4 is 9.64 Å². The quantitative estimate of drug-likeness (QED) is 0.843. The first kappa shape index (κ1) is 12.7. The highest BCUT2D eigenvalue weighted by atomic mass is 35.5. The van der Waals surface area contributed by atoms with Gasteiger partial charge in [0.05, 0.1) is 18.9 Å². The van der Waals surface area contributed by atoms with Crippen LogP contribution >= 0.6 is 11.6 Å². The largest absolute Gasteiger partial charge is 0.495 e. The number of anilines is 1. The van der Waals surface area contributed by atoms with E-state index in [4.69, 9.17) is 21.6 Å². The summed E-state index contributed by atoms with van der Waals surface area (Å²) in [5.74, 6) is 0.356. The number of halogens is 1. The number of benzene rings is 1. The van der Waals surface area contributed by atoms with E-state index in [-0.39, 0.29) is 5.91 Å². The van der Waals surface area contributed by atoms with Gasteiger partial charge in [0.25, 0.3) is 0 Å². The normalized spacial score (nSPS) is 15.7. The van der Waals surface area contributed by atoms with Crippen molar-refractivity contribution in [1.29, 1.82) is 5.26 Å². The summed E-state index contributed by atoms with van der Waals surface area (Å²) in [5.41, 5.74) is -0.265. The number of carbonyl (C=O) groups excluding carboxylic acids is 1. The number of methoxy groups -OCH3 is 1. The second kappa shape index (κ2) is 4.51. The fourth-order valence-electron chi connectivity index (χ4n) is 1.85. The Labute approximate surface area is 111 Å². The molecule has 0 heterocycles. The summed E-state index contributed by atoms with van der Waals surface area (Å²) in [7, 11) is 3.16. The summed E-state index contributed by atoms with van der Waals surface area (Å²) in [4.78, 5) is 13.7. The Hall–Kier alpha value is -1.73. The van der Waals surface area contributed by atoms with Crippen LogP contribution in [0.25, 0.3) is 0 Å². The lowest BCUT2D eigenvalue weighted by atomic mass is 10.1. The molecule has 0 spiro atoms. The molecule has 1 aromatic carbocycles. The Morgan fingerprint density at radius 2 is 2.22 bits per heavy atom. The van der Waals surface area contributed by atoms with Gasteiger partial charge in [-0.2, -0.15) is 5.26 Å². The fraction of sp³-hybridized carbons (Fsp3) is 0.385. The first-order chi connectivity index (χ1) is 8.54. The van der Waals surface area contributed by atoms with Crippen LogP contribution in [0.2, 0.25) is 5.02 Å². The molecular formula is C13H13ClN2O2. The molecule has 1 saturated carbocycles. The maximum absolute atomic E-state index is 12.2. The monoisotopic (exact) mass is 264 g/mol. The Balaban J connectivity index is 2.34. The third kappa shape index (κ3) is 2.02. The molecule has 0 bridgehead atoms. The van der Waals surface area contributed by atoms with Gasteiger partial charge in [-0.15, -0.1) is 0 Å². The molecule has 1 aromatic rings. The predicted octanol–water partition coefficient (Wildman–Crippen LogP) is 2.62. The third-order valence-electron chi connectivity index (χ3n) is 3.18. The van der Waals surface area contributed by atoms with E-state index in [9.17, 15) is 4.79 Å². The summed E-state index contributed by atoms with van der Waals surface area (Å²) in [5, 5.41) is 9.57. The first-order valence-corrected chi connectivity index (χ1v) is 5.95. The molecule has 5 heteroatoms. The molecule has 0 unspecified atom stereocenters. The highest BCUT2D eigenvalue weighted by Gasteiger charge is 2.52. The molecule has 2 rings (SSSR count). The van der Waals surface area contributed by atoms with Gasteiger partial charge in [0, 0.05) is 12.1 Å². The van der Waals surface area contributed by atoms with E-state index < -0.39 is 5.41 Å². The molecule has 4 nitrogen and oxygen atoms in total. The van der Waals surface area contributed by atoms with Gasteiger partial charge in [-0.25, -0.2) is 0 Å². The van der Waals surface area contributed by atoms with Crippen molar-refractivity contribution in [1.82, 2.24) is 0 Å². The average molecular weight is 265 g/mol. The Morgan fingerprint density at radius 3 is 2.72 bits per heavy atom. The number of hydrogen-bond donors (Lipinski definition) is 0. The lowest BCUT2D eigenvalue weighted by Gasteiger charge is -2.22. The molecule has 1 amide bonds. The van der Waals surface area contributed by atoms with Crippen molar-refractivity contribution in [2.75, 3.05) is 19.1 Å². The maximum Gasteiger partial charge on any atom is 0.247 e. The molecular weight excluding hydrogens is 252 g/mol. The van der Waals surface area contributed by atoms with Crippen molar-refractivity contribution in [2.24, 2.45) is 5.41 Å². The zero-order chi connectivity index (χ0) is 13.3. The van der Waals surface area contributed by atoms with E-state index in [0.717, 1.165) is 0 Å². The summed E-state index contributed by atoms with van der Waals surface area (Å²) in [6.45, 7) is 0. The summed E-state index contributed by atoms with van der Waals surface area (Å²) in [6.07, 6.45) is 1.24. The van der Waals surface area contributed by atoms with Crippen molar-refractivity contribution < 1.29 is 9.53 Å². The minimum atomic E-state index is -0.845. The van der Waals surface area contributed by atoms with Crippen LogP contribution in [0.15, 0.2) is 18.2 Å². The second-order valence-corrected chi connectivity index (χ2v) is 4.81. The van der Waals surface area contributed by atoms with Gasteiger partial charge in [-0.05, 0) is 31.0 Å². The van der Waals surface area contributed by atoms with Crippen molar-refractivity contribution in [3.8, 4) is 11.8 Å². The minimum absolute atomic E-state index is 0.203. The first-order valence-electron chi connectivity index (χ1n) is 5.57. The SMILES string of the molecule is COc1ccc(Cl)cc1N(C)C(=O)C1(C#N)CC1. The molecule has 94 valence electrons. The highest BCUT2D eigenvalue weighted by molar-refractivity contribution is 6.31. The van der Waals surface area contributed by atoms with Gasteiger partial charge >= 0.3 is 0 Å². The highest BCUT2D eigenvalue weighted by Crippen LogP contribution is 2.47. The van der Waals surface area contributed by atoms with Crippen molar-refractivity contribution in [3.63, 3.8) is 0 Å². The topological polar surface area (TPSA) is 53.3 Å². The zero-order valence-electron chi connectivity index (χ0n) is 10.2. The Morgan fingerprint density at radius 1 is 1.56 bits per heavy atom. The van der Waals surface area contributed by atoms with Crippen molar-refractivity contribution in [2.45, 2.75) is 12.8 Å². The lowest BCUT2D eigenvalue weighted by molar-refractivity contribution is -0.121. The van der Waals surface area contributed by atoms with Crippen LogP contribution in [-0.2, 0) is 4.79 Å². The molecule has 0 aliphatic heterocycles. The van der Waals surface area contributed by atoms with Crippen LogP contribution in [0.3, 0.4) is 0 Å². The van der Waals surface area contributed by atoms with Crippen LogP contribution in [0.1, 0.15) is 12.8 Å². The summed E-state index contributed by atoms with van der Waals surface area (Å²) >= 11 is 5.93. The Bertz CT molecular complexity index is 532. The summed E-state index contributed by atoms with van der Waals surface area (Å²) < 4.78 is 5.20. The summed E-state index contributed by atoms with van der Waals surface area (Å²) in [6, 6.07) is 7.14. The number of ether oxygens (including phenoxy) is 1.